The minimum atomic E-state index is -0.0635. The van der Waals surface area contributed by atoms with Gasteiger partial charge in [0.15, 0.2) is 5.78 Å². The minimum absolute atomic E-state index is 0.0635. The largest absolute Gasteiger partial charge is 0.396 e. The fourth-order valence-electron chi connectivity index (χ4n) is 2.76. The average Bonchev–Trinajstić information content (AvgIpc) is 2.87. The van der Waals surface area contributed by atoms with Crippen molar-refractivity contribution in [2.24, 2.45) is 5.92 Å². The molecule has 1 aliphatic heterocycles. The number of Topliss-reactive ketones (excluding diaryl/α,β-unsaturated/α-hetero) is 1. The van der Waals surface area contributed by atoms with E-state index in [9.17, 15) is 4.79 Å². The van der Waals surface area contributed by atoms with Crippen LogP contribution >= 0.6 is 0 Å². The lowest BCUT2D eigenvalue weighted by molar-refractivity contribution is 0.0861. The summed E-state index contributed by atoms with van der Waals surface area (Å²) in [7, 11) is 0. The molecule has 0 aliphatic carbocycles. The number of likely N-dealkylation sites (tertiary alicyclic amines) is 1. The summed E-state index contributed by atoms with van der Waals surface area (Å²) < 4.78 is 0. The maximum atomic E-state index is 12.4. The second-order valence-corrected chi connectivity index (χ2v) is 5.57. The highest BCUT2D eigenvalue weighted by molar-refractivity contribution is 5.99. The van der Waals surface area contributed by atoms with Crippen LogP contribution in [0.15, 0.2) is 24.3 Å². The molecule has 0 saturated carbocycles. The summed E-state index contributed by atoms with van der Waals surface area (Å²) in [5, 5.41) is 8.98. The van der Waals surface area contributed by atoms with Crippen molar-refractivity contribution in [2.75, 3.05) is 19.7 Å². The van der Waals surface area contributed by atoms with Crippen LogP contribution in [-0.4, -0.2) is 41.5 Å². The molecule has 104 valence electrons. The molecule has 3 nitrogen and oxygen atoms in total. The number of carbonyl (C=O) groups excluding carboxylic acids is 1. The first-order valence-electron chi connectivity index (χ1n) is 7.07. The van der Waals surface area contributed by atoms with E-state index in [0.717, 1.165) is 31.5 Å². The molecule has 19 heavy (non-hydrogen) atoms. The van der Waals surface area contributed by atoms with Crippen LogP contribution in [0.3, 0.4) is 0 Å². The van der Waals surface area contributed by atoms with Gasteiger partial charge in [-0.3, -0.25) is 9.69 Å². The van der Waals surface area contributed by atoms with Crippen molar-refractivity contribution in [1.29, 1.82) is 0 Å². The zero-order valence-corrected chi connectivity index (χ0v) is 11.8. The van der Waals surface area contributed by atoms with Crippen LogP contribution in [0.4, 0.5) is 0 Å². The molecule has 1 aliphatic rings. The summed E-state index contributed by atoms with van der Waals surface area (Å²) in [4.78, 5) is 14.7. The fourth-order valence-corrected chi connectivity index (χ4v) is 2.76. The standard InChI is InChI=1S/C16H23NO2/c1-12-3-5-15(6-4-12)16(19)13(2)17-9-7-14(11-17)8-10-18/h3-6,13-14,18H,7-11H2,1-2H3. The normalized spacial score (nSPS) is 21.5. The second-order valence-electron chi connectivity index (χ2n) is 5.57. The van der Waals surface area contributed by atoms with E-state index in [1.807, 2.05) is 38.1 Å². The molecule has 1 aromatic carbocycles. The number of aliphatic hydroxyl groups excluding tert-OH is 1. The van der Waals surface area contributed by atoms with Crippen molar-refractivity contribution < 1.29 is 9.90 Å². The predicted molar refractivity (Wildman–Crippen MR) is 76.4 cm³/mol. The molecule has 0 radical (unpaired) electrons. The first-order valence-corrected chi connectivity index (χ1v) is 7.07. The molecule has 1 aromatic rings. The van der Waals surface area contributed by atoms with Crippen molar-refractivity contribution >= 4 is 5.78 Å². The molecule has 2 unspecified atom stereocenters. The minimum Gasteiger partial charge on any atom is -0.396 e. The van der Waals surface area contributed by atoms with Crippen LogP contribution in [0.25, 0.3) is 0 Å². The molecular formula is C16H23NO2. The molecular weight excluding hydrogens is 238 g/mol. The summed E-state index contributed by atoms with van der Waals surface area (Å²) in [6.07, 6.45) is 1.94. The Bertz CT molecular complexity index is 427. The summed E-state index contributed by atoms with van der Waals surface area (Å²) in [6.45, 7) is 6.16. The van der Waals surface area contributed by atoms with Gasteiger partial charge in [-0.1, -0.05) is 29.8 Å². The Labute approximate surface area is 115 Å². The number of ketones is 1. The Balaban J connectivity index is 1.98. The number of hydrogen-bond acceptors (Lipinski definition) is 3. The third-order valence-electron chi connectivity index (χ3n) is 4.12. The zero-order valence-electron chi connectivity index (χ0n) is 11.8. The van der Waals surface area contributed by atoms with Gasteiger partial charge in [-0.25, -0.2) is 0 Å². The molecule has 1 saturated heterocycles. The number of rotatable bonds is 5. The number of aliphatic hydroxyl groups is 1. The first-order chi connectivity index (χ1) is 9.11. The van der Waals surface area contributed by atoms with Gasteiger partial charge < -0.3 is 5.11 Å². The van der Waals surface area contributed by atoms with E-state index in [2.05, 4.69) is 4.90 Å². The number of hydrogen-bond donors (Lipinski definition) is 1. The monoisotopic (exact) mass is 261 g/mol. The SMILES string of the molecule is Cc1ccc(C(=O)C(C)N2CCC(CCO)C2)cc1. The van der Waals surface area contributed by atoms with Gasteiger partial charge in [-0.05, 0) is 39.2 Å². The van der Waals surface area contributed by atoms with Gasteiger partial charge in [0.2, 0.25) is 0 Å². The van der Waals surface area contributed by atoms with Gasteiger partial charge in [0.25, 0.3) is 0 Å². The molecule has 0 bridgehead atoms. The van der Waals surface area contributed by atoms with Gasteiger partial charge in [-0.2, -0.15) is 0 Å². The number of benzene rings is 1. The fraction of sp³-hybridized carbons (Fsp3) is 0.562. The molecule has 1 N–H and O–H groups in total. The molecule has 3 heteroatoms. The molecule has 2 atom stereocenters. The molecule has 0 spiro atoms. The maximum Gasteiger partial charge on any atom is 0.179 e. The average molecular weight is 261 g/mol. The highest BCUT2D eigenvalue weighted by atomic mass is 16.3. The van der Waals surface area contributed by atoms with E-state index in [1.54, 1.807) is 0 Å². The van der Waals surface area contributed by atoms with Crippen LogP contribution in [0, 0.1) is 12.8 Å². The van der Waals surface area contributed by atoms with Gasteiger partial charge in [0.1, 0.15) is 0 Å². The lowest BCUT2D eigenvalue weighted by atomic mass is 10.0. The zero-order chi connectivity index (χ0) is 13.8. The summed E-state index contributed by atoms with van der Waals surface area (Å²) in [5.41, 5.74) is 1.97. The number of aryl methyl sites for hydroxylation is 1. The van der Waals surface area contributed by atoms with Crippen LogP contribution < -0.4 is 0 Å². The summed E-state index contributed by atoms with van der Waals surface area (Å²) >= 11 is 0. The van der Waals surface area contributed by atoms with Crippen LogP contribution in [-0.2, 0) is 0 Å². The Morgan fingerprint density at radius 1 is 1.42 bits per heavy atom. The van der Waals surface area contributed by atoms with Gasteiger partial charge >= 0.3 is 0 Å². The maximum absolute atomic E-state index is 12.4. The number of nitrogens with zero attached hydrogens (tertiary/aromatic N) is 1. The van der Waals surface area contributed by atoms with Crippen molar-refractivity contribution in [3.63, 3.8) is 0 Å². The van der Waals surface area contributed by atoms with E-state index >= 15 is 0 Å². The van der Waals surface area contributed by atoms with Gasteiger partial charge in [0.05, 0.1) is 6.04 Å². The molecule has 1 heterocycles. The van der Waals surface area contributed by atoms with Crippen LogP contribution in [0.5, 0.6) is 0 Å². The topological polar surface area (TPSA) is 40.5 Å². The number of carbonyl (C=O) groups is 1. The lowest BCUT2D eigenvalue weighted by Crippen LogP contribution is -2.37. The second kappa shape index (κ2) is 6.31. The predicted octanol–water partition coefficient (Wildman–Crippen LogP) is 2.27. The Hall–Kier alpha value is -1.19. The third-order valence-corrected chi connectivity index (χ3v) is 4.12. The van der Waals surface area contributed by atoms with E-state index in [4.69, 9.17) is 5.11 Å². The Kier molecular flexibility index (Phi) is 4.72. The molecule has 0 amide bonds. The van der Waals surface area contributed by atoms with Crippen LogP contribution in [0.1, 0.15) is 35.7 Å². The summed E-state index contributed by atoms with van der Waals surface area (Å²) in [5.74, 6) is 0.739. The van der Waals surface area contributed by atoms with E-state index in [1.165, 1.54) is 5.56 Å². The van der Waals surface area contributed by atoms with E-state index in [-0.39, 0.29) is 18.4 Å². The van der Waals surface area contributed by atoms with E-state index < -0.39 is 0 Å². The Morgan fingerprint density at radius 3 is 2.74 bits per heavy atom. The molecule has 1 fully saturated rings. The van der Waals surface area contributed by atoms with Gasteiger partial charge in [0, 0.05) is 18.7 Å². The Morgan fingerprint density at radius 2 is 2.11 bits per heavy atom. The van der Waals surface area contributed by atoms with Crippen molar-refractivity contribution in [3.05, 3.63) is 35.4 Å². The summed E-state index contributed by atoms with van der Waals surface area (Å²) in [6, 6.07) is 7.73. The first kappa shape index (κ1) is 14.2. The van der Waals surface area contributed by atoms with Crippen molar-refractivity contribution in [1.82, 2.24) is 4.90 Å². The highest BCUT2D eigenvalue weighted by Crippen LogP contribution is 2.22. The van der Waals surface area contributed by atoms with Crippen LogP contribution in [0.2, 0.25) is 0 Å². The molecule has 2 rings (SSSR count). The quantitative estimate of drug-likeness (QED) is 0.827. The lowest BCUT2D eigenvalue weighted by Gasteiger charge is -2.23. The van der Waals surface area contributed by atoms with Crippen molar-refractivity contribution in [2.45, 2.75) is 32.7 Å². The van der Waals surface area contributed by atoms with Gasteiger partial charge in [-0.15, -0.1) is 0 Å². The smallest absolute Gasteiger partial charge is 0.179 e. The molecule has 0 aromatic heterocycles. The highest BCUT2D eigenvalue weighted by Gasteiger charge is 2.29. The van der Waals surface area contributed by atoms with E-state index in [0.29, 0.717) is 5.92 Å². The third kappa shape index (κ3) is 3.43. The van der Waals surface area contributed by atoms with Crippen molar-refractivity contribution in [3.8, 4) is 0 Å².